The van der Waals surface area contributed by atoms with E-state index in [9.17, 15) is 14.0 Å². The number of piperidine rings is 1. The molecule has 1 unspecified atom stereocenters. The Balaban J connectivity index is 1.58. The van der Waals surface area contributed by atoms with Crippen LogP contribution in [-0.4, -0.2) is 52.5 Å². The number of ether oxygens (including phenoxy) is 1. The molecule has 1 aliphatic heterocycles. The molecule has 0 saturated carbocycles. The molecular formula is C21H25FN4O3. The van der Waals surface area contributed by atoms with E-state index >= 15 is 0 Å². The Hall–Kier alpha value is -3.03. The summed E-state index contributed by atoms with van der Waals surface area (Å²) in [6.45, 7) is 2.84. The summed E-state index contributed by atoms with van der Waals surface area (Å²) >= 11 is 0. The molecule has 2 heterocycles. The fraction of sp³-hybridized carbons (Fsp3) is 0.429. The number of halogens is 1. The molecule has 1 aromatic heterocycles. The molecule has 0 bridgehead atoms. The standard InChI is InChI=1S/C21H25FN4O3/c1-2-25(14-16-7-5-8-17(22)13-16)19(27)15-29-20(28)18-9-3-4-12-26(18)21-23-10-6-11-24-21/h5-8,10-11,13,18H,2-4,9,12,14-15H2,1H3. The van der Waals surface area contributed by atoms with E-state index in [1.807, 2.05) is 11.8 Å². The van der Waals surface area contributed by atoms with Crippen LogP contribution < -0.4 is 4.90 Å². The van der Waals surface area contributed by atoms with Gasteiger partial charge in [0.05, 0.1) is 0 Å². The minimum Gasteiger partial charge on any atom is -0.454 e. The molecule has 29 heavy (non-hydrogen) atoms. The van der Waals surface area contributed by atoms with Gasteiger partial charge in [-0.25, -0.2) is 19.2 Å². The minimum absolute atomic E-state index is 0.262. The van der Waals surface area contributed by atoms with Gasteiger partial charge in [0.2, 0.25) is 5.95 Å². The number of hydrogen-bond acceptors (Lipinski definition) is 6. The van der Waals surface area contributed by atoms with Crippen molar-refractivity contribution < 1.29 is 18.7 Å². The van der Waals surface area contributed by atoms with Gasteiger partial charge < -0.3 is 14.5 Å². The van der Waals surface area contributed by atoms with Crippen LogP contribution in [0.1, 0.15) is 31.7 Å². The number of anilines is 1. The average molecular weight is 400 g/mol. The van der Waals surface area contributed by atoms with Crippen molar-refractivity contribution in [3.8, 4) is 0 Å². The first-order valence-corrected chi connectivity index (χ1v) is 9.81. The number of carbonyl (C=O) groups excluding carboxylic acids is 2. The summed E-state index contributed by atoms with van der Waals surface area (Å²) in [7, 11) is 0. The number of hydrogen-bond donors (Lipinski definition) is 0. The number of aromatic nitrogens is 2. The van der Waals surface area contributed by atoms with Crippen molar-refractivity contribution in [1.29, 1.82) is 0 Å². The average Bonchev–Trinajstić information content (AvgIpc) is 2.76. The second kappa shape index (κ2) is 9.95. The van der Waals surface area contributed by atoms with E-state index in [-0.39, 0.29) is 24.9 Å². The second-order valence-electron chi connectivity index (χ2n) is 6.90. The maximum absolute atomic E-state index is 13.4. The number of esters is 1. The van der Waals surface area contributed by atoms with Crippen molar-refractivity contribution in [2.24, 2.45) is 0 Å². The minimum atomic E-state index is -0.503. The quantitative estimate of drug-likeness (QED) is 0.665. The van der Waals surface area contributed by atoms with Crippen LogP contribution in [-0.2, 0) is 20.9 Å². The molecule has 1 fully saturated rings. The van der Waals surface area contributed by atoms with Crippen LogP contribution in [0.15, 0.2) is 42.7 Å². The number of rotatable bonds is 7. The van der Waals surface area contributed by atoms with Gasteiger partial charge in [-0.2, -0.15) is 0 Å². The third-order valence-corrected chi connectivity index (χ3v) is 4.92. The van der Waals surface area contributed by atoms with Gasteiger partial charge in [-0.05, 0) is 49.9 Å². The van der Waals surface area contributed by atoms with Gasteiger partial charge in [0.15, 0.2) is 6.61 Å². The van der Waals surface area contributed by atoms with Gasteiger partial charge >= 0.3 is 5.97 Å². The summed E-state index contributed by atoms with van der Waals surface area (Å²) in [5.41, 5.74) is 0.686. The summed E-state index contributed by atoms with van der Waals surface area (Å²) in [4.78, 5) is 37.0. The van der Waals surface area contributed by atoms with E-state index in [4.69, 9.17) is 4.74 Å². The zero-order valence-corrected chi connectivity index (χ0v) is 16.5. The van der Waals surface area contributed by atoms with Gasteiger partial charge in [0, 0.05) is 32.0 Å². The lowest BCUT2D eigenvalue weighted by atomic mass is 10.0. The summed E-state index contributed by atoms with van der Waals surface area (Å²) in [6, 6.07) is 7.32. The van der Waals surface area contributed by atoms with Crippen LogP contribution in [0.4, 0.5) is 10.3 Å². The predicted octanol–water partition coefficient (Wildman–Crippen LogP) is 2.57. The van der Waals surface area contributed by atoms with Gasteiger partial charge in [-0.1, -0.05) is 12.1 Å². The van der Waals surface area contributed by atoms with E-state index in [1.165, 1.54) is 17.0 Å². The number of carbonyl (C=O) groups is 2. The van der Waals surface area contributed by atoms with E-state index in [0.717, 1.165) is 12.8 Å². The van der Waals surface area contributed by atoms with E-state index in [0.29, 0.717) is 31.0 Å². The Kier molecular flexibility index (Phi) is 7.10. The molecule has 7 nitrogen and oxygen atoms in total. The first-order chi connectivity index (χ1) is 14.1. The first-order valence-electron chi connectivity index (χ1n) is 9.81. The van der Waals surface area contributed by atoms with Crippen LogP contribution in [0.5, 0.6) is 0 Å². The number of likely N-dealkylation sites (N-methyl/N-ethyl adjacent to an activating group) is 1. The molecule has 1 amide bonds. The Bertz CT molecular complexity index is 834. The zero-order chi connectivity index (χ0) is 20.6. The van der Waals surface area contributed by atoms with E-state index in [2.05, 4.69) is 9.97 Å². The molecule has 2 aromatic rings. The Morgan fingerprint density at radius 3 is 2.76 bits per heavy atom. The Morgan fingerprint density at radius 2 is 2.03 bits per heavy atom. The number of benzene rings is 1. The molecule has 0 N–H and O–H groups in total. The molecule has 0 aliphatic carbocycles. The van der Waals surface area contributed by atoms with Crippen molar-refractivity contribution >= 4 is 17.8 Å². The monoisotopic (exact) mass is 400 g/mol. The molecule has 0 radical (unpaired) electrons. The molecule has 1 atom stereocenters. The SMILES string of the molecule is CCN(Cc1cccc(F)c1)C(=O)COC(=O)C1CCCCN1c1ncccn1. The molecule has 1 aliphatic rings. The Labute approximate surface area is 169 Å². The van der Waals surface area contributed by atoms with Gasteiger partial charge in [0.1, 0.15) is 11.9 Å². The van der Waals surface area contributed by atoms with Crippen molar-refractivity contribution in [3.63, 3.8) is 0 Å². The van der Waals surface area contributed by atoms with Crippen LogP contribution in [0.25, 0.3) is 0 Å². The topological polar surface area (TPSA) is 75.6 Å². The third-order valence-electron chi connectivity index (χ3n) is 4.92. The molecule has 8 heteroatoms. The van der Waals surface area contributed by atoms with Crippen molar-refractivity contribution in [2.75, 3.05) is 24.6 Å². The zero-order valence-electron chi connectivity index (χ0n) is 16.5. The maximum atomic E-state index is 13.4. The molecule has 3 rings (SSSR count). The maximum Gasteiger partial charge on any atom is 0.329 e. The van der Waals surface area contributed by atoms with Crippen LogP contribution in [0.3, 0.4) is 0 Å². The van der Waals surface area contributed by atoms with Crippen molar-refractivity contribution in [2.45, 2.75) is 38.8 Å². The highest BCUT2D eigenvalue weighted by Crippen LogP contribution is 2.22. The lowest BCUT2D eigenvalue weighted by Crippen LogP contribution is -2.47. The highest BCUT2D eigenvalue weighted by molar-refractivity contribution is 5.84. The second-order valence-corrected chi connectivity index (χ2v) is 6.90. The fourth-order valence-electron chi connectivity index (χ4n) is 3.41. The fourth-order valence-corrected chi connectivity index (χ4v) is 3.41. The first kappa shape index (κ1) is 20.7. The van der Waals surface area contributed by atoms with Crippen molar-refractivity contribution in [1.82, 2.24) is 14.9 Å². The van der Waals surface area contributed by atoms with Crippen molar-refractivity contribution in [3.05, 3.63) is 54.1 Å². The normalized spacial score (nSPS) is 16.3. The van der Waals surface area contributed by atoms with Crippen LogP contribution in [0, 0.1) is 5.82 Å². The largest absolute Gasteiger partial charge is 0.454 e. The lowest BCUT2D eigenvalue weighted by molar-refractivity contribution is -0.153. The van der Waals surface area contributed by atoms with Crippen LogP contribution in [0.2, 0.25) is 0 Å². The van der Waals surface area contributed by atoms with Gasteiger partial charge in [0.25, 0.3) is 5.91 Å². The molecule has 1 saturated heterocycles. The number of nitrogens with zero attached hydrogens (tertiary/aromatic N) is 4. The van der Waals surface area contributed by atoms with Gasteiger partial charge in [-0.15, -0.1) is 0 Å². The number of amides is 1. The van der Waals surface area contributed by atoms with Gasteiger partial charge in [-0.3, -0.25) is 4.79 Å². The smallest absolute Gasteiger partial charge is 0.329 e. The predicted molar refractivity (Wildman–Crippen MR) is 105 cm³/mol. The van der Waals surface area contributed by atoms with Crippen LogP contribution >= 0.6 is 0 Å². The third kappa shape index (κ3) is 5.49. The summed E-state index contributed by atoms with van der Waals surface area (Å²) in [5, 5.41) is 0. The Morgan fingerprint density at radius 1 is 1.24 bits per heavy atom. The summed E-state index contributed by atoms with van der Waals surface area (Å²) < 4.78 is 18.7. The van der Waals surface area contributed by atoms with E-state index in [1.54, 1.807) is 30.6 Å². The molecule has 1 aromatic carbocycles. The molecule has 154 valence electrons. The molecule has 0 spiro atoms. The lowest BCUT2D eigenvalue weighted by Gasteiger charge is -2.34. The summed E-state index contributed by atoms with van der Waals surface area (Å²) in [6.07, 6.45) is 5.74. The highest BCUT2D eigenvalue weighted by atomic mass is 19.1. The van der Waals surface area contributed by atoms with E-state index < -0.39 is 12.0 Å². The summed E-state index contributed by atoms with van der Waals surface area (Å²) in [5.74, 6) is -0.629. The molecular weight excluding hydrogens is 375 g/mol. The highest BCUT2D eigenvalue weighted by Gasteiger charge is 2.32.